The number of aryl methyl sites for hydroxylation is 1. The van der Waals surface area contributed by atoms with Crippen molar-refractivity contribution in [2.45, 2.75) is 23.5 Å². The fourth-order valence-electron chi connectivity index (χ4n) is 2.32. The van der Waals surface area contributed by atoms with Crippen LogP contribution < -0.4 is 11.1 Å². The van der Waals surface area contributed by atoms with Crippen LogP contribution in [0.4, 0.5) is 11.4 Å². The molecule has 2 aromatic carbocycles. The normalized spacial score (nSPS) is 16.8. The Morgan fingerprint density at radius 3 is 2.90 bits per heavy atom. The Kier molecular flexibility index (Phi) is 3.40. The van der Waals surface area contributed by atoms with Gasteiger partial charge in [0.25, 0.3) is 0 Å². The van der Waals surface area contributed by atoms with E-state index in [-0.39, 0.29) is 11.2 Å². The lowest BCUT2D eigenvalue weighted by Crippen LogP contribution is -2.25. The van der Waals surface area contributed by atoms with E-state index in [1.807, 2.05) is 31.2 Å². The molecule has 0 bridgehead atoms. The van der Waals surface area contributed by atoms with Crippen LogP contribution in [0.15, 0.2) is 47.4 Å². The van der Waals surface area contributed by atoms with Gasteiger partial charge in [0.05, 0.1) is 5.25 Å². The third-order valence-corrected chi connectivity index (χ3v) is 4.78. The summed E-state index contributed by atoms with van der Waals surface area (Å²) >= 11 is 1.63. The Balaban J connectivity index is 1.74. The van der Waals surface area contributed by atoms with Gasteiger partial charge in [-0.25, -0.2) is 0 Å². The first-order chi connectivity index (χ1) is 9.63. The van der Waals surface area contributed by atoms with E-state index >= 15 is 0 Å². The van der Waals surface area contributed by atoms with Crippen molar-refractivity contribution in [3.05, 3.63) is 53.6 Å². The van der Waals surface area contributed by atoms with Gasteiger partial charge in [0.2, 0.25) is 5.91 Å². The molecule has 1 unspecified atom stereocenters. The van der Waals surface area contributed by atoms with Gasteiger partial charge in [-0.2, -0.15) is 0 Å². The van der Waals surface area contributed by atoms with Crippen molar-refractivity contribution in [1.82, 2.24) is 0 Å². The van der Waals surface area contributed by atoms with Crippen LogP contribution in [-0.4, -0.2) is 11.2 Å². The molecule has 3 nitrogen and oxygen atoms in total. The molecule has 1 amide bonds. The van der Waals surface area contributed by atoms with E-state index < -0.39 is 0 Å². The zero-order valence-electron chi connectivity index (χ0n) is 11.2. The molecule has 1 heterocycles. The van der Waals surface area contributed by atoms with Gasteiger partial charge in [0.15, 0.2) is 0 Å². The summed E-state index contributed by atoms with van der Waals surface area (Å²) in [5.41, 5.74) is 9.50. The number of carbonyl (C=O) groups excluding carboxylic acids is 1. The number of rotatable bonds is 2. The predicted molar refractivity (Wildman–Crippen MR) is 84.0 cm³/mol. The molecule has 0 aliphatic carbocycles. The average molecular weight is 284 g/mol. The van der Waals surface area contributed by atoms with Gasteiger partial charge in [0, 0.05) is 16.3 Å². The molecule has 0 aromatic heterocycles. The van der Waals surface area contributed by atoms with Crippen LogP contribution in [0.5, 0.6) is 0 Å². The standard InChI is InChI=1S/C16H16N2OS/c1-10-6-7-12(17)9-13(10)18-16(19)15-8-11-4-2-3-5-14(11)20-15/h2-7,9,15H,8,17H2,1H3,(H,18,19). The van der Waals surface area contributed by atoms with Gasteiger partial charge < -0.3 is 11.1 Å². The number of amides is 1. The molecule has 0 fully saturated rings. The van der Waals surface area contributed by atoms with E-state index in [1.54, 1.807) is 17.8 Å². The molecular formula is C16H16N2OS. The number of nitrogens with two attached hydrogens (primary N) is 1. The minimum atomic E-state index is -0.0618. The molecule has 102 valence electrons. The quantitative estimate of drug-likeness (QED) is 0.832. The van der Waals surface area contributed by atoms with Crippen molar-refractivity contribution in [2.24, 2.45) is 0 Å². The van der Waals surface area contributed by atoms with Gasteiger partial charge in [-0.3, -0.25) is 4.79 Å². The molecule has 0 radical (unpaired) electrons. The highest BCUT2D eigenvalue weighted by Gasteiger charge is 2.28. The fourth-order valence-corrected chi connectivity index (χ4v) is 3.51. The number of nitrogens with one attached hydrogen (secondary N) is 1. The molecule has 0 spiro atoms. The summed E-state index contributed by atoms with van der Waals surface area (Å²) in [6, 6.07) is 13.7. The molecule has 0 saturated heterocycles. The number of anilines is 2. The number of hydrogen-bond donors (Lipinski definition) is 2. The van der Waals surface area contributed by atoms with Gasteiger partial charge in [0.1, 0.15) is 0 Å². The summed E-state index contributed by atoms with van der Waals surface area (Å²) in [6.45, 7) is 1.96. The zero-order chi connectivity index (χ0) is 14.1. The lowest BCUT2D eigenvalue weighted by atomic mass is 10.1. The molecule has 1 aliphatic rings. The summed E-state index contributed by atoms with van der Waals surface area (Å²) < 4.78 is 0. The first kappa shape index (κ1) is 13.1. The smallest absolute Gasteiger partial charge is 0.238 e. The Morgan fingerprint density at radius 2 is 2.10 bits per heavy atom. The highest BCUT2D eigenvalue weighted by molar-refractivity contribution is 8.01. The molecule has 3 rings (SSSR count). The number of hydrogen-bond acceptors (Lipinski definition) is 3. The van der Waals surface area contributed by atoms with Crippen molar-refractivity contribution in [1.29, 1.82) is 0 Å². The van der Waals surface area contributed by atoms with Crippen LogP contribution >= 0.6 is 11.8 Å². The van der Waals surface area contributed by atoms with E-state index in [1.165, 1.54) is 10.5 Å². The van der Waals surface area contributed by atoms with Crippen LogP contribution in [0, 0.1) is 6.92 Å². The SMILES string of the molecule is Cc1ccc(N)cc1NC(=O)C1Cc2ccccc2S1. The third kappa shape index (κ3) is 2.51. The van der Waals surface area contributed by atoms with E-state index in [0.717, 1.165) is 17.7 Å². The van der Waals surface area contributed by atoms with Crippen LogP contribution in [0.2, 0.25) is 0 Å². The molecule has 3 N–H and O–H groups in total. The second-order valence-electron chi connectivity index (χ2n) is 4.98. The second-order valence-corrected chi connectivity index (χ2v) is 6.23. The predicted octanol–water partition coefficient (Wildman–Crippen LogP) is 3.23. The maximum Gasteiger partial charge on any atom is 0.238 e. The molecule has 2 aromatic rings. The van der Waals surface area contributed by atoms with E-state index in [2.05, 4.69) is 17.4 Å². The molecule has 20 heavy (non-hydrogen) atoms. The number of fused-ring (bicyclic) bond motifs is 1. The Labute approximate surface area is 122 Å². The Morgan fingerprint density at radius 1 is 1.30 bits per heavy atom. The van der Waals surface area contributed by atoms with Gasteiger partial charge in [-0.05, 0) is 42.7 Å². The summed E-state index contributed by atoms with van der Waals surface area (Å²) in [5.74, 6) is 0.0416. The fraction of sp³-hybridized carbons (Fsp3) is 0.188. The second kappa shape index (κ2) is 5.21. The van der Waals surface area contributed by atoms with Gasteiger partial charge in [-0.15, -0.1) is 11.8 Å². The Bertz CT molecular complexity index is 644. The van der Waals surface area contributed by atoms with E-state index in [4.69, 9.17) is 5.73 Å². The highest BCUT2D eigenvalue weighted by atomic mass is 32.2. The first-order valence-electron chi connectivity index (χ1n) is 6.55. The van der Waals surface area contributed by atoms with Crippen molar-refractivity contribution in [2.75, 3.05) is 11.1 Å². The summed E-state index contributed by atoms with van der Waals surface area (Å²) in [7, 11) is 0. The lowest BCUT2D eigenvalue weighted by Gasteiger charge is -2.12. The van der Waals surface area contributed by atoms with Crippen LogP contribution in [0.3, 0.4) is 0 Å². The molecule has 4 heteroatoms. The molecule has 1 aliphatic heterocycles. The highest BCUT2D eigenvalue weighted by Crippen LogP contribution is 2.37. The maximum atomic E-state index is 12.4. The Hall–Kier alpha value is -1.94. The van der Waals surface area contributed by atoms with E-state index in [9.17, 15) is 4.79 Å². The maximum absolute atomic E-state index is 12.4. The summed E-state index contributed by atoms with van der Waals surface area (Å²) in [5, 5.41) is 2.93. The number of nitrogen functional groups attached to an aromatic ring is 1. The lowest BCUT2D eigenvalue weighted by molar-refractivity contribution is -0.115. The minimum absolute atomic E-state index is 0.0416. The van der Waals surface area contributed by atoms with Crippen LogP contribution in [-0.2, 0) is 11.2 Å². The average Bonchev–Trinajstić information content (AvgIpc) is 2.87. The zero-order valence-corrected chi connectivity index (χ0v) is 12.0. The number of benzene rings is 2. The van der Waals surface area contributed by atoms with Gasteiger partial charge in [-0.1, -0.05) is 24.3 Å². The van der Waals surface area contributed by atoms with Crippen molar-refractivity contribution < 1.29 is 4.79 Å². The minimum Gasteiger partial charge on any atom is -0.399 e. The molecule has 1 atom stereocenters. The van der Waals surface area contributed by atoms with Crippen LogP contribution in [0.25, 0.3) is 0 Å². The summed E-state index contributed by atoms with van der Waals surface area (Å²) in [4.78, 5) is 13.6. The van der Waals surface area contributed by atoms with Crippen molar-refractivity contribution >= 4 is 29.0 Å². The molecular weight excluding hydrogens is 268 g/mol. The third-order valence-electron chi connectivity index (χ3n) is 3.46. The summed E-state index contributed by atoms with van der Waals surface area (Å²) in [6.07, 6.45) is 0.786. The molecule has 0 saturated carbocycles. The first-order valence-corrected chi connectivity index (χ1v) is 7.43. The van der Waals surface area contributed by atoms with E-state index in [0.29, 0.717) is 5.69 Å². The van der Waals surface area contributed by atoms with Crippen LogP contribution in [0.1, 0.15) is 11.1 Å². The monoisotopic (exact) mass is 284 g/mol. The van der Waals surface area contributed by atoms with Crippen molar-refractivity contribution in [3.63, 3.8) is 0 Å². The topological polar surface area (TPSA) is 55.1 Å². The number of thioether (sulfide) groups is 1. The van der Waals surface area contributed by atoms with Crippen molar-refractivity contribution in [3.8, 4) is 0 Å². The largest absolute Gasteiger partial charge is 0.399 e. The number of carbonyl (C=O) groups is 1. The van der Waals surface area contributed by atoms with Gasteiger partial charge >= 0.3 is 0 Å².